The van der Waals surface area contributed by atoms with Gasteiger partial charge in [0, 0.05) is 12.5 Å². The summed E-state index contributed by atoms with van der Waals surface area (Å²) in [6, 6.07) is 0. The molecule has 0 aliphatic carbocycles. The van der Waals surface area contributed by atoms with Gasteiger partial charge in [0.2, 0.25) is 5.28 Å². The lowest BCUT2D eigenvalue weighted by atomic mass is 9.85. The standard InChI is InChI=1S/C13H24ClN3/c1-8(2)11(9(3)4)7-17-12(10(5)6)15-16-13(17)14/h8-11H,7H2,1-6H3. The molecular weight excluding hydrogens is 234 g/mol. The van der Waals surface area contributed by atoms with Crippen molar-refractivity contribution in [1.82, 2.24) is 14.8 Å². The van der Waals surface area contributed by atoms with Crippen LogP contribution in [-0.4, -0.2) is 14.8 Å². The van der Waals surface area contributed by atoms with Gasteiger partial charge in [0.25, 0.3) is 0 Å². The van der Waals surface area contributed by atoms with E-state index in [0.717, 1.165) is 12.4 Å². The Morgan fingerprint density at radius 1 is 1.00 bits per heavy atom. The van der Waals surface area contributed by atoms with Crippen molar-refractivity contribution in [2.45, 2.75) is 54.0 Å². The van der Waals surface area contributed by atoms with Gasteiger partial charge in [-0.05, 0) is 29.4 Å². The van der Waals surface area contributed by atoms with E-state index in [4.69, 9.17) is 11.6 Å². The molecule has 4 heteroatoms. The topological polar surface area (TPSA) is 30.7 Å². The Morgan fingerprint density at radius 3 is 1.94 bits per heavy atom. The molecule has 98 valence electrons. The van der Waals surface area contributed by atoms with Crippen LogP contribution in [-0.2, 0) is 6.54 Å². The Balaban J connectivity index is 2.96. The highest BCUT2D eigenvalue weighted by Crippen LogP contribution is 2.26. The van der Waals surface area contributed by atoms with Crippen LogP contribution < -0.4 is 0 Å². The van der Waals surface area contributed by atoms with Crippen molar-refractivity contribution in [3.05, 3.63) is 11.1 Å². The monoisotopic (exact) mass is 257 g/mol. The number of hydrogen-bond donors (Lipinski definition) is 0. The normalized spacial score (nSPS) is 12.4. The summed E-state index contributed by atoms with van der Waals surface area (Å²) in [5.74, 6) is 3.21. The summed E-state index contributed by atoms with van der Waals surface area (Å²) in [6.07, 6.45) is 0. The molecule has 0 bridgehead atoms. The van der Waals surface area contributed by atoms with E-state index in [-0.39, 0.29) is 0 Å². The summed E-state index contributed by atoms with van der Waals surface area (Å²) in [4.78, 5) is 0. The summed E-state index contributed by atoms with van der Waals surface area (Å²) in [5.41, 5.74) is 0. The highest BCUT2D eigenvalue weighted by molar-refractivity contribution is 6.28. The fourth-order valence-electron chi connectivity index (χ4n) is 2.29. The lowest BCUT2D eigenvalue weighted by molar-refractivity contribution is 0.248. The second-order valence-corrected chi connectivity index (χ2v) is 6.08. The maximum Gasteiger partial charge on any atom is 0.225 e. The van der Waals surface area contributed by atoms with Gasteiger partial charge in [-0.2, -0.15) is 0 Å². The number of halogens is 1. The quantitative estimate of drug-likeness (QED) is 0.799. The molecule has 0 aliphatic rings. The van der Waals surface area contributed by atoms with Gasteiger partial charge < -0.3 is 4.57 Å². The predicted octanol–water partition coefficient (Wildman–Crippen LogP) is 3.98. The second-order valence-electron chi connectivity index (χ2n) is 5.74. The molecule has 1 aromatic heterocycles. The van der Waals surface area contributed by atoms with Crippen molar-refractivity contribution in [3.8, 4) is 0 Å². The number of nitrogens with zero attached hydrogens (tertiary/aromatic N) is 3. The summed E-state index contributed by atoms with van der Waals surface area (Å²) in [6.45, 7) is 14.2. The average Bonchev–Trinajstić information content (AvgIpc) is 2.55. The van der Waals surface area contributed by atoms with Crippen LogP contribution in [0.5, 0.6) is 0 Å². The smallest absolute Gasteiger partial charge is 0.225 e. The first-order valence-corrected chi connectivity index (χ1v) is 6.81. The molecule has 0 spiro atoms. The van der Waals surface area contributed by atoms with Gasteiger partial charge in [-0.1, -0.05) is 41.5 Å². The van der Waals surface area contributed by atoms with Crippen LogP contribution in [0.15, 0.2) is 0 Å². The fourth-order valence-corrected chi connectivity index (χ4v) is 2.49. The van der Waals surface area contributed by atoms with Crippen LogP contribution in [0.3, 0.4) is 0 Å². The van der Waals surface area contributed by atoms with Crippen LogP contribution in [0.2, 0.25) is 5.28 Å². The molecule has 0 atom stereocenters. The van der Waals surface area contributed by atoms with E-state index < -0.39 is 0 Å². The Labute approximate surface area is 110 Å². The van der Waals surface area contributed by atoms with E-state index in [0.29, 0.717) is 29.0 Å². The first-order chi connectivity index (χ1) is 7.84. The van der Waals surface area contributed by atoms with Gasteiger partial charge >= 0.3 is 0 Å². The van der Waals surface area contributed by atoms with E-state index in [9.17, 15) is 0 Å². The van der Waals surface area contributed by atoms with Gasteiger partial charge in [0.05, 0.1) is 0 Å². The Morgan fingerprint density at radius 2 is 1.53 bits per heavy atom. The number of hydrogen-bond acceptors (Lipinski definition) is 2. The van der Waals surface area contributed by atoms with E-state index in [2.05, 4.69) is 56.3 Å². The molecule has 0 saturated carbocycles. The predicted molar refractivity (Wildman–Crippen MR) is 72.3 cm³/mol. The average molecular weight is 258 g/mol. The first-order valence-electron chi connectivity index (χ1n) is 6.43. The molecule has 3 nitrogen and oxygen atoms in total. The molecule has 1 heterocycles. The largest absolute Gasteiger partial charge is 0.301 e. The lowest BCUT2D eigenvalue weighted by Crippen LogP contribution is -2.23. The minimum atomic E-state index is 0.356. The molecule has 1 aromatic rings. The first kappa shape index (κ1) is 14.5. The highest BCUT2D eigenvalue weighted by atomic mass is 35.5. The Bertz CT molecular complexity index is 348. The third kappa shape index (κ3) is 3.44. The van der Waals surface area contributed by atoms with Crippen molar-refractivity contribution in [3.63, 3.8) is 0 Å². The zero-order chi connectivity index (χ0) is 13.2. The van der Waals surface area contributed by atoms with Crippen LogP contribution >= 0.6 is 11.6 Å². The van der Waals surface area contributed by atoms with Crippen LogP contribution in [0.1, 0.15) is 53.3 Å². The van der Waals surface area contributed by atoms with Gasteiger partial charge in [-0.15, -0.1) is 10.2 Å². The molecule has 0 aromatic carbocycles. The van der Waals surface area contributed by atoms with E-state index in [1.165, 1.54) is 0 Å². The summed E-state index contributed by atoms with van der Waals surface area (Å²) in [7, 11) is 0. The zero-order valence-electron chi connectivity index (χ0n) is 11.7. The van der Waals surface area contributed by atoms with Crippen LogP contribution in [0.25, 0.3) is 0 Å². The molecule has 0 N–H and O–H groups in total. The Hall–Kier alpha value is -0.570. The van der Waals surface area contributed by atoms with Gasteiger partial charge in [-0.25, -0.2) is 0 Å². The summed E-state index contributed by atoms with van der Waals surface area (Å²) in [5, 5.41) is 8.67. The number of aromatic nitrogens is 3. The molecule has 1 rings (SSSR count). The van der Waals surface area contributed by atoms with Gasteiger partial charge in [0.15, 0.2) is 0 Å². The van der Waals surface area contributed by atoms with E-state index in [1.54, 1.807) is 0 Å². The second kappa shape index (κ2) is 5.85. The third-order valence-electron chi connectivity index (χ3n) is 3.36. The van der Waals surface area contributed by atoms with E-state index >= 15 is 0 Å². The van der Waals surface area contributed by atoms with Crippen LogP contribution in [0.4, 0.5) is 0 Å². The maximum atomic E-state index is 6.13. The minimum Gasteiger partial charge on any atom is -0.301 e. The molecule has 0 unspecified atom stereocenters. The van der Waals surface area contributed by atoms with Crippen molar-refractivity contribution < 1.29 is 0 Å². The molecule has 0 aliphatic heterocycles. The van der Waals surface area contributed by atoms with Crippen molar-refractivity contribution >= 4 is 11.6 Å². The van der Waals surface area contributed by atoms with E-state index in [1.807, 2.05) is 0 Å². The molecule has 0 saturated heterocycles. The fraction of sp³-hybridized carbons (Fsp3) is 0.846. The molecule has 17 heavy (non-hydrogen) atoms. The molecule has 0 fully saturated rings. The lowest BCUT2D eigenvalue weighted by Gasteiger charge is -2.26. The van der Waals surface area contributed by atoms with Crippen molar-refractivity contribution in [2.24, 2.45) is 17.8 Å². The third-order valence-corrected chi connectivity index (χ3v) is 3.64. The number of rotatable bonds is 5. The SMILES string of the molecule is CC(C)c1nnc(Cl)n1CC(C(C)C)C(C)C. The summed E-state index contributed by atoms with van der Waals surface area (Å²) >= 11 is 6.13. The molecule has 0 radical (unpaired) electrons. The summed E-state index contributed by atoms with van der Waals surface area (Å²) < 4.78 is 2.07. The highest BCUT2D eigenvalue weighted by Gasteiger charge is 2.22. The van der Waals surface area contributed by atoms with Crippen LogP contribution in [0, 0.1) is 17.8 Å². The van der Waals surface area contributed by atoms with Gasteiger partial charge in [0.1, 0.15) is 5.82 Å². The zero-order valence-corrected chi connectivity index (χ0v) is 12.5. The molecule has 0 amide bonds. The Kier molecular flexibility index (Phi) is 4.99. The molecular formula is C13H24ClN3. The van der Waals surface area contributed by atoms with Gasteiger partial charge in [-0.3, -0.25) is 0 Å². The minimum absolute atomic E-state index is 0.356. The maximum absolute atomic E-state index is 6.13. The van der Waals surface area contributed by atoms with Crippen molar-refractivity contribution in [2.75, 3.05) is 0 Å². The van der Waals surface area contributed by atoms with Crippen molar-refractivity contribution in [1.29, 1.82) is 0 Å².